The first-order valence-electron chi connectivity index (χ1n) is 2.19. The van der Waals surface area contributed by atoms with Crippen LogP contribution in [0.5, 0.6) is 0 Å². The molecule has 3 N–H and O–H groups in total. The van der Waals surface area contributed by atoms with Crippen LogP contribution in [-0.4, -0.2) is 19.6 Å². The Morgan fingerprint density at radius 3 is 1.90 bits per heavy atom. The Kier molecular flexibility index (Phi) is 2.36. The van der Waals surface area contributed by atoms with Crippen LogP contribution in [0.25, 0.3) is 0 Å². The lowest BCUT2D eigenvalue weighted by Crippen LogP contribution is -2.38. The summed E-state index contributed by atoms with van der Waals surface area (Å²) in [5.74, 6) is 0. The molecule has 2 amide bonds. The second-order valence-electron chi connectivity index (χ2n) is 1.46. The van der Waals surface area contributed by atoms with Crippen LogP contribution in [0.2, 0.25) is 0 Å². The Morgan fingerprint density at radius 2 is 1.80 bits per heavy atom. The molecule has 0 heterocycles. The standard InChI is InChI=1S/C3H6N2O4S/c1-2(6)10(8,9)5-3(4)7/h1H3,(H3,4,5,7). The van der Waals surface area contributed by atoms with E-state index in [1.807, 2.05) is 0 Å². The van der Waals surface area contributed by atoms with Crippen molar-refractivity contribution in [3.8, 4) is 0 Å². The zero-order valence-electron chi connectivity index (χ0n) is 5.12. The number of carbonyl (C=O) groups excluding carboxylic acids is 2. The number of rotatable bonds is 0. The minimum Gasteiger partial charge on any atom is -0.351 e. The molecule has 0 aromatic rings. The van der Waals surface area contributed by atoms with Crippen LogP contribution < -0.4 is 10.5 Å². The molecule has 58 valence electrons. The molecular weight excluding hydrogens is 160 g/mol. The summed E-state index contributed by atoms with van der Waals surface area (Å²) in [7, 11) is -4.16. The topological polar surface area (TPSA) is 106 Å². The second-order valence-corrected chi connectivity index (χ2v) is 3.25. The maximum atomic E-state index is 10.4. The third-order valence-corrected chi connectivity index (χ3v) is 1.84. The van der Waals surface area contributed by atoms with Crippen molar-refractivity contribution in [3.05, 3.63) is 0 Å². The summed E-state index contributed by atoms with van der Waals surface area (Å²) in [6.45, 7) is 0.811. The van der Waals surface area contributed by atoms with Crippen LogP contribution in [0.3, 0.4) is 0 Å². The van der Waals surface area contributed by atoms with Gasteiger partial charge in [0.25, 0.3) is 15.1 Å². The fourth-order valence-corrected chi connectivity index (χ4v) is 0.613. The highest BCUT2D eigenvalue weighted by Crippen LogP contribution is 1.82. The summed E-state index contributed by atoms with van der Waals surface area (Å²) >= 11 is 0. The SMILES string of the molecule is CC(=O)S(=O)(=O)NC(N)=O. The van der Waals surface area contributed by atoms with Gasteiger partial charge in [-0.2, -0.15) is 8.42 Å². The van der Waals surface area contributed by atoms with Gasteiger partial charge in [0.2, 0.25) is 0 Å². The molecule has 6 nitrogen and oxygen atoms in total. The van der Waals surface area contributed by atoms with Gasteiger partial charge < -0.3 is 5.73 Å². The van der Waals surface area contributed by atoms with E-state index in [0.29, 0.717) is 0 Å². The number of nitrogens with one attached hydrogen (secondary N) is 1. The van der Waals surface area contributed by atoms with Gasteiger partial charge in [-0.25, -0.2) is 9.52 Å². The van der Waals surface area contributed by atoms with E-state index in [1.54, 1.807) is 0 Å². The Labute approximate surface area is 57.4 Å². The van der Waals surface area contributed by atoms with E-state index in [0.717, 1.165) is 6.92 Å². The van der Waals surface area contributed by atoms with Crippen molar-refractivity contribution >= 4 is 21.2 Å². The summed E-state index contributed by atoms with van der Waals surface area (Å²) in [5.41, 5.74) is 4.43. The van der Waals surface area contributed by atoms with Crippen LogP contribution in [0.4, 0.5) is 4.79 Å². The lowest BCUT2D eigenvalue weighted by Gasteiger charge is -1.96. The Balaban J connectivity index is 4.46. The van der Waals surface area contributed by atoms with Gasteiger partial charge in [0.15, 0.2) is 0 Å². The van der Waals surface area contributed by atoms with Crippen molar-refractivity contribution in [2.24, 2.45) is 5.73 Å². The quantitative estimate of drug-likeness (QED) is 0.458. The van der Waals surface area contributed by atoms with E-state index in [4.69, 9.17) is 0 Å². The molecule has 0 aromatic heterocycles. The second kappa shape index (κ2) is 2.65. The lowest BCUT2D eigenvalue weighted by atomic mass is 10.9. The minimum atomic E-state index is -4.16. The Morgan fingerprint density at radius 1 is 1.40 bits per heavy atom. The molecule has 0 aliphatic heterocycles. The summed E-state index contributed by atoms with van der Waals surface area (Å²) in [6.07, 6.45) is 0. The van der Waals surface area contributed by atoms with Crippen molar-refractivity contribution in [2.45, 2.75) is 6.92 Å². The van der Waals surface area contributed by atoms with Crippen molar-refractivity contribution in [3.63, 3.8) is 0 Å². The van der Waals surface area contributed by atoms with Crippen LogP contribution in [-0.2, 0) is 14.8 Å². The third-order valence-electron chi connectivity index (χ3n) is 0.613. The number of hydrogen-bond donors (Lipinski definition) is 2. The minimum absolute atomic E-state index is 0.811. The summed E-state index contributed by atoms with van der Waals surface area (Å²) in [6, 6.07) is -1.27. The van der Waals surface area contributed by atoms with Gasteiger partial charge in [0, 0.05) is 6.92 Å². The van der Waals surface area contributed by atoms with Crippen molar-refractivity contribution < 1.29 is 18.0 Å². The highest BCUT2D eigenvalue weighted by molar-refractivity contribution is 8.04. The van der Waals surface area contributed by atoms with Gasteiger partial charge in [0.1, 0.15) is 0 Å². The number of sulfonamides is 1. The fraction of sp³-hybridized carbons (Fsp3) is 0.333. The smallest absolute Gasteiger partial charge is 0.326 e. The molecule has 0 saturated heterocycles. The van der Waals surface area contributed by atoms with E-state index in [-0.39, 0.29) is 0 Å². The molecule has 0 aliphatic carbocycles. The molecule has 0 radical (unpaired) electrons. The number of urea groups is 1. The van der Waals surface area contributed by atoms with Crippen molar-refractivity contribution in [2.75, 3.05) is 0 Å². The molecule has 0 aromatic carbocycles. The Hall–Kier alpha value is -1.11. The molecule has 0 saturated carbocycles. The van der Waals surface area contributed by atoms with Crippen LogP contribution >= 0.6 is 0 Å². The number of amides is 2. The number of carbonyl (C=O) groups is 2. The lowest BCUT2D eigenvalue weighted by molar-refractivity contribution is -0.110. The molecule has 0 fully saturated rings. The Bertz CT molecular complexity index is 254. The van der Waals surface area contributed by atoms with Crippen molar-refractivity contribution in [1.82, 2.24) is 4.72 Å². The molecular formula is C3H6N2O4S. The fourth-order valence-electron chi connectivity index (χ4n) is 0.204. The van der Waals surface area contributed by atoms with Crippen molar-refractivity contribution in [1.29, 1.82) is 0 Å². The first-order valence-corrected chi connectivity index (χ1v) is 3.67. The van der Waals surface area contributed by atoms with Gasteiger partial charge in [-0.05, 0) is 0 Å². The number of nitrogens with two attached hydrogens (primary N) is 1. The molecule has 0 bridgehead atoms. The average Bonchev–Trinajstić information content (AvgIpc) is 1.60. The molecule has 0 aliphatic rings. The molecule has 0 unspecified atom stereocenters. The first kappa shape index (κ1) is 8.89. The van der Waals surface area contributed by atoms with Gasteiger partial charge in [-0.3, -0.25) is 4.79 Å². The maximum Gasteiger partial charge on any atom is 0.326 e. The predicted molar refractivity (Wildman–Crippen MR) is 32.3 cm³/mol. The van der Waals surface area contributed by atoms with Crippen LogP contribution in [0, 0.1) is 0 Å². The van der Waals surface area contributed by atoms with E-state index in [9.17, 15) is 18.0 Å². The monoisotopic (exact) mass is 166 g/mol. The largest absolute Gasteiger partial charge is 0.351 e. The average molecular weight is 166 g/mol. The van der Waals surface area contributed by atoms with Gasteiger partial charge in [-0.15, -0.1) is 0 Å². The van der Waals surface area contributed by atoms with E-state index < -0.39 is 21.2 Å². The number of hydrogen-bond acceptors (Lipinski definition) is 4. The highest BCUT2D eigenvalue weighted by Gasteiger charge is 2.17. The summed E-state index contributed by atoms with van der Waals surface area (Å²) in [4.78, 5) is 20.0. The first-order chi connectivity index (χ1) is 4.36. The van der Waals surface area contributed by atoms with Crippen LogP contribution in [0.15, 0.2) is 0 Å². The zero-order chi connectivity index (χ0) is 8.36. The van der Waals surface area contributed by atoms with E-state index in [1.165, 1.54) is 4.72 Å². The third kappa shape index (κ3) is 2.44. The molecule has 10 heavy (non-hydrogen) atoms. The molecule has 0 spiro atoms. The van der Waals surface area contributed by atoms with Gasteiger partial charge in [0.05, 0.1) is 0 Å². The summed E-state index contributed by atoms with van der Waals surface area (Å²) in [5, 5.41) is -1.15. The summed E-state index contributed by atoms with van der Waals surface area (Å²) < 4.78 is 22.0. The zero-order valence-corrected chi connectivity index (χ0v) is 5.94. The van der Waals surface area contributed by atoms with Gasteiger partial charge >= 0.3 is 6.03 Å². The highest BCUT2D eigenvalue weighted by atomic mass is 32.2. The normalized spacial score (nSPS) is 10.5. The predicted octanol–water partition coefficient (Wildman–Crippen LogP) is -1.47. The van der Waals surface area contributed by atoms with Gasteiger partial charge in [-0.1, -0.05) is 0 Å². The molecule has 7 heteroatoms. The van der Waals surface area contributed by atoms with E-state index >= 15 is 0 Å². The molecule has 0 atom stereocenters. The maximum absolute atomic E-state index is 10.4. The number of primary amides is 1. The van der Waals surface area contributed by atoms with E-state index in [2.05, 4.69) is 5.73 Å². The molecule has 0 rings (SSSR count). The van der Waals surface area contributed by atoms with Crippen LogP contribution in [0.1, 0.15) is 6.92 Å².